The Labute approximate surface area is 104 Å². The molecule has 1 aliphatic carbocycles. The van der Waals surface area contributed by atoms with Crippen molar-refractivity contribution in [2.24, 2.45) is 11.3 Å². The van der Waals surface area contributed by atoms with Gasteiger partial charge in [-0.3, -0.25) is 0 Å². The third-order valence-corrected chi connectivity index (χ3v) is 5.37. The molecule has 0 unspecified atom stereocenters. The molecule has 0 aromatic heterocycles. The lowest BCUT2D eigenvalue weighted by molar-refractivity contribution is 0.141. The third-order valence-electron chi connectivity index (χ3n) is 4.18. The van der Waals surface area contributed by atoms with Gasteiger partial charge in [-0.1, -0.05) is 36.2 Å². The zero-order valence-corrected chi connectivity index (χ0v) is 12.1. The summed E-state index contributed by atoms with van der Waals surface area (Å²) in [5, 5.41) is 1.14. The molecule has 0 amide bonds. The fourth-order valence-corrected chi connectivity index (χ4v) is 3.43. The van der Waals surface area contributed by atoms with Crippen LogP contribution >= 0.6 is 15.9 Å². The first-order valence-corrected chi connectivity index (χ1v) is 7.52. The highest BCUT2D eigenvalue weighted by atomic mass is 79.9. The Balaban J connectivity index is 2.35. The van der Waals surface area contributed by atoms with E-state index in [1.165, 1.54) is 45.2 Å². The fourth-order valence-electron chi connectivity index (χ4n) is 2.46. The zero-order chi connectivity index (χ0) is 11.3. The van der Waals surface area contributed by atoms with Crippen LogP contribution < -0.4 is 0 Å². The number of nitrogens with zero attached hydrogens (tertiary/aromatic N) is 1. The van der Waals surface area contributed by atoms with Gasteiger partial charge in [-0.2, -0.15) is 0 Å². The summed E-state index contributed by atoms with van der Waals surface area (Å²) < 4.78 is 0. The molecule has 15 heavy (non-hydrogen) atoms. The van der Waals surface area contributed by atoms with Crippen LogP contribution in [0.3, 0.4) is 0 Å². The van der Waals surface area contributed by atoms with E-state index in [1.54, 1.807) is 0 Å². The van der Waals surface area contributed by atoms with Crippen molar-refractivity contribution in [3.8, 4) is 0 Å². The Morgan fingerprint density at radius 3 is 2.20 bits per heavy atom. The van der Waals surface area contributed by atoms with Crippen molar-refractivity contribution >= 4 is 15.9 Å². The zero-order valence-electron chi connectivity index (χ0n) is 10.6. The Kier molecular flexibility index (Phi) is 5.62. The summed E-state index contributed by atoms with van der Waals surface area (Å²) >= 11 is 3.69. The molecule has 0 heterocycles. The first kappa shape index (κ1) is 13.5. The highest BCUT2D eigenvalue weighted by molar-refractivity contribution is 9.09. The van der Waals surface area contributed by atoms with Crippen molar-refractivity contribution in [3.05, 3.63) is 0 Å². The van der Waals surface area contributed by atoms with Crippen LogP contribution in [0.25, 0.3) is 0 Å². The topological polar surface area (TPSA) is 3.24 Å². The summed E-state index contributed by atoms with van der Waals surface area (Å²) in [5.74, 6) is 0.997. The van der Waals surface area contributed by atoms with Crippen molar-refractivity contribution < 1.29 is 0 Å². The maximum absolute atomic E-state index is 3.69. The molecule has 0 spiro atoms. The molecule has 0 bridgehead atoms. The van der Waals surface area contributed by atoms with Gasteiger partial charge in [0.2, 0.25) is 0 Å². The standard InChI is InChI=1S/C13H26BrN/c1-4-13(5-2,10-14)11-15(3)9-12-7-6-8-12/h12H,4-11H2,1-3H3. The van der Waals surface area contributed by atoms with E-state index >= 15 is 0 Å². The Bertz CT molecular complexity index is 165. The number of halogens is 1. The minimum atomic E-state index is 0.499. The molecule has 0 aromatic carbocycles. The minimum Gasteiger partial charge on any atom is -0.306 e. The second-order valence-electron chi connectivity index (χ2n) is 5.33. The quantitative estimate of drug-likeness (QED) is 0.637. The van der Waals surface area contributed by atoms with Gasteiger partial charge in [-0.25, -0.2) is 0 Å². The molecule has 90 valence electrons. The molecule has 0 aromatic rings. The van der Waals surface area contributed by atoms with Gasteiger partial charge in [0.25, 0.3) is 0 Å². The van der Waals surface area contributed by atoms with Crippen LogP contribution in [0.1, 0.15) is 46.0 Å². The van der Waals surface area contributed by atoms with Gasteiger partial charge in [-0.05, 0) is 44.1 Å². The highest BCUT2D eigenvalue weighted by Gasteiger charge is 2.28. The van der Waals surface area contributed by atoms with Crippen LogP contribution in [0.4, 0.5) is 0 Å². The van der Waals surface area contributed by atoms with E-state index in [4.69, 9.17) is 0 Å². The molecule has 0 saturated heterocycles. The number of hydrogen-bond donors (Lipinski definition) is 0. The lowest BCUT2D eigenvalue weighted by Gasteiger charge is -2.37. The van der Waals surface area contributed by atoms with Crippen LogP contribution in [-0.4, -0.2) is 30.4 Å². The van der Waals surface area contributed by atoms with Crippen molar-refractivity contribution in [1.82, 2.24) is 4.90 Å². The van der Waals surface area contributed by atoms with Gasteiger partial charge < -0.3 is 4.90 Å². The van der Waals surface area contributed by atoms with E-state index in [0.29, 0.717) is 5.41 Å². The van der Waals surface area contributed by atoms with Gasteiger partial charge in [0.15, 0.2) is 0 Å². The highest BCUT2D eigenvalue weighted by Crippen LogP contribution is 2.32. The molecule has 1 nitrogen and oxygen atoms in total. The smallest absolute Gasteiger partial charge is 0.01000 e. The Hall–Kier alpha value is 0.440. The summed E-state index contributed by atoms with van der Waals surface area (Å²) in [6, 6.07) is 0. The van der Waals surface area contributed by atoms with E-state index in [1.807, 2.05) is 0 Å². The molecule has 2 heteroatoms. The summed E-state index contributed by atoms with van der Waals surface area (Å²) in [7, 11) is 2.29. The second-order valence-corrected chi connectivity index (χ2v) is 5.90. The molecule has 1 fully saturated rings. The largest absolute Gasteiger partial charge is 0.306 e. The van der Waals surface area contributed by atoms with Gasteiger partial charge >= 0.3 is 0 Å². The maximum Gasteiger partial charge on any atom is 0.01000 e. The van der Waals surface area contributed by atoms with E-state index in [0.717, 1.165) is 11.2 Å². The van der Waals surface area contributed by atoms with Crippen LogP contribution in [0.5, 0.6) is 0 Å². The average Bonchev–Trinajstić information content (AvgIpc) is 2.20. The number of hydrogen-bond acceptors (Lipinski definition) is 1. The normalized spacial score (nSPS) is 18.2. The number of rotatable bonds is 7. The molecular weight excluding hydrogens is 250 g/mol. The molecule has 0 radical (unpaired) electrons. The molecule has 1 rings (SSSR count). The van der Waals surface area contributed by atoms with E-state index in [-0.39, 0.29) is 0 Å². The van der Waals surface area contributed by atoms with Crippen LogP contribution in [0.2, 0.25) is 0 Å². The molecule has 0 atom stereocenters. The number of alkyl halides is 1. The fraction of sp³-hybridized carbons (Fsp3) is 1.00. The summed E-state index contributed by atoms with van der Waals surface area (Å²) in [4.78, 5) is 2.55. The van der Waals surface area contributed by atoms with E-state index < -0.39 is 0 Å². The molecular formula is C13H26BrN. The first-order valence-electron chi connectivity index (χ1n) is 6.40. The van der Waals surface area contributed by atoms with Crippen molar-refractivity contribution in [2.45, 2.75) is 46.0 Å². The lowest BCUT2D eigenvalue weighted by Crippen LogP contribution is -2.39. The minimum absolute atomic E-state index is 0.499. The van der Waals surface area contributed by atoms with Gasteiger partial charge in [-0.15, -0.1) is 0 Å². The maximum atomic E-state index is 3.69. The lowest BCUT2D eigenvalue weighted by atomic mass is 9.82. The summed E-state index contributed by atoms with van der Waals surface area (Å²) in [5.41, 5.74) is 0.499. The summed E-state index contributed by atoms with van der Waals surface area (Å²) in [6.45, 7) is 7.21. The van der Waals surface area contributed by atoms with Crippen molar-refractivity contribution in [1.29, 1.82) is 0 Å². The molecule has 1 aliphatic rings. The van der Waals surface area contributed by atoms with E-state index in [9.17, 15) is 0 Å². The first-order chi connectivity index (χ1) is 7.15. The van der Waals surface area contributed by atoms with Crippen LogP contribution in [0, 0.1) is 11.3 Å². The SMILES string of the molecule is CCC(CC)(CBr)CN(C)CC1CCC1. The van der Waals surface area contributed by atoms with Gasteiger partial charge in [0.1, 0.15) is 0 Å². The van der Waals surface area contributed by atoms with Crippen LogP contribution in [0.15, 0.2) is 0 Å². The van der Waals surface area contributed by atoms with Gasteiger partial charge in [0, 0.05) is 18.4 Å². The van der Waals surface area contributed by atoms with Crippen LogP contribution in [-0.2, 0) is 0 Å². The second kappa shape index (κ2) is 6.24. The predicted octanol–water partition coefficient (Wildman–Crippen LogP) is 3.92. The molecule has 0 N–H and O–H groups in total. The monoisotopic (exact) mass is 275 g/mol. The molecule has 0 aliphatic heterocycles. The summed E-state index contributed by atoms with van der Waals surface area (Å²) in [6.07, 6.45) is 6.95. The van der Waals surface area contributed by atoms with Crippen molar-refractivity contribution in [2.75, 3.05) is 25.5 Å². The third kappa shape index (κ3) is 3.74. The average molecular weight is 276 g/mol. The molecule has 1 saturated carbocycles. The van der Waals surface area contributed by atoms with Crippen molar-refractivity contribution in [3.63, 3.8) is 0 Å². The predicted molar refractivity (Wildman–Crippen MR) is 71.6 cm³/mol. The van der Waals surface area contributed by atoms with Gasteiger partial charge in [0.05, 0.1) is 0 Å². The Morgan fingerprint density at radius 2 is 1.87 bits per heavy atom. The Morgan fingerprint density at radius 1 is 1.27 bits per heavy atom. The van der Waals surface area contributed by atoms with E-state index in [2.05, 4.69) is 41.7 Å².